The van der Waals surface area contributed by atoms with Gasteiger partial charge in [0.1, 0.15) is 12.6 Å². The van der Waals surface area contributed by atoms with Crippen LogP contribution in [0.4, 0.5) is 4.79 Å². The minimum Gasteiger partial charge on any atom is -0.480 e. The molecule has 2 aromatic carbocycles. The third-order valence-corrected chi connectivity index (χ3v) is 7.17. The van der Waals surface area contributed by atoms with Crippen LogP contribution in [0.25, 0.3) is 11.1 Å². The van der Waals surface area contributed by atoms with Crippen LogP contribution in [0.5, 0.6) is 0 Å². The topological polar surface area (TPSA) is 116 Å². The van der Waals surface area contributed by atoms with Crippen molar-refractivity contribution in [3.8, 4) is 11.1 Å². The lowest BCUT2D eigenvalue weighted by atomic mass is 9.89. The van der Waals surface area contributed by atoms with Crippen LogP contribution in [0.2, 0.25) is 0 Å². The second-order valence-corrected chi connectivity index (χ2v) is 9.41. The molecular weight excluding hydrogens is 448 g/mol. The number of aliphatic hydroxyl groups is 1. The summed E-state index contributed by atoms with van der Waals surface area (Å²) in [5.41, 5.74) is 4.57. The van der Waals surface area contributed by atoms with E-state index >= 15 is 0 Å². The number of carbonyl (C=O) groups excluding carboxylic acids is 2. The van der Waals surface area contributed by atoms with Gasteiger partial charge in [-0.05, 0) is 35.1 Å². The predicted molar refractivity (Wildman–Crippen MR) is 128 cm³/mol. The van der Waals surface area contributed by atoms with E-state index < -0.39 is 36.2 Å². The number of aliphatic carboxylic acids is 1. The molecule has 1 heterocycles. The molecule has 0 saturated carbocycles. The van der Waals surface area contributed by atoms with Gasteiger partial charge in [0.25, 0.3) is 0 Å². The lowest BCUT2D eigenvalue weighted by Gasteiger charge is -2.30. The quantitative estimate of drug-likeness (QED) is 0.572. The fourth-order valence-electron chi connectivity index (χ4n) is 5.51. The van der Waals surface area contributed by atoms with Crippen molar-refractivity contribution in [2.24, 2.45) is 5.92 Å². The second kappa shape index (κ2) is 9.54. The molecule has 35 heavy (non-hydrogen) atoms. The van der Waals surface area contributed by atoms with Crippen LogP contribution < -0.4 is 5.32 Å². The van der Waals surface area contributed by atoms with E-state index in [0.29, 0.717) is 12.8 Å². The van der Waals surface area contributed by atoms with Gasteiger partial charge in [0.15, 0.2) is 0 Å². The van der Waals surface area contributed by atoms with E-state index in [-0.39, 0.29) is 31.4 Å². The van der Waals surface area contributed by atoms with E-state index in [2.05, 4.69) is 29.6 Å². The molecule has 0 bridgehead atoms. The number of fused-ring (bicyclic) bond motifs is 3. The number of aliphatic hydroxyl groups excluding tert-OH is 1. The number of β-amino-alcohol motifs (C(OH)–C–C–N with tert-alkyl or cyclic N) is 1. The van der Waals surface area contributed by atoms with Gasteiger partial charge in [-0.3, -0.25) is 4.79 Å². The first kappa shape index (κ1) is 23.1. The number of hydrogen-bond donors (Lipinski definition) is 3. The summed E-state index contributed by atoms with van der Waals surface area (Å²) in [6, 6.07) is 14.8. The van der Waals surface area contributed by atoms with Gasteiger partial charge in [-0.1, -0.05) is 60.7 Å². The highest BCUT2D eigenvalue weighted by atomic mass is 16.5. The Balaban J connectivity index is 1.19. The Kier molecular flexibility index (Phi) is 6.30. The first-order chi connectivity index (χ1) is 16.9. The number of hydrogen-bond acceptors (Lipinski definition) is 5. The average molecular weight is 477 g/mol. The van der Waals surface area contributed by atoms with Crippen LogP contribution in [0.3, 0.4) is 0 Å². The smallest absolute Gasteiger partial charge is 0.407 e. The number of nitrogens with one attached hydrogen (secondary N) is 1. The van der Waals surface area contributed by atoms with Crippen molar-refractivity contribution in [3.63, 3.8) is 0 Å². The molecule has 0 spiro atoms. The number of ether oxygens (including phenoxy) is 1. The van der Waals surface area contributed by atoms with Crippen molar-refractivity contribution >= 4 is 18.0 Å². The van der Waals surface area contributed by atoms with Crippen molar-refractivity contribution in [1.82, 2.24) is 10.2 Å². The van der Waals surface area contributed by atoms with E-state index in [4.69, 9.17) is 4.74 Å². The Morgan fingerprint density at radius 1 is 1.00 bits per heavy atom. The molecule has 1 fully saturated rings. The highest BCUT2D eigenvalue weighted by Gasteiger charge is 2.41. The van der Waals surface area contributed by atoms with Crippen LogP contribution in [-0.2, 0) is 14.3 Å². The molecule has 1 saturated heterocycles. The molecule has 182 valence electrons. The Labute approximate surface area is 203 Å². The molecule has 8 heteroatoms. The molecule has 5 rings (SSSR count). The van der Waals surface area contributed by atoms with Gasteiger partial charge in [0, 0.05) is 24.8 Å². The highest BCUT2D eigenvalue weighted by Crippen LogP contribution is 2.44. The maximum atomic E-state index is 13.0. The fraction of sp³-hybridized carbons (Fsp3) is 0.370. The molecule has 0 radical (unpaired) electrons. The minimum atomic E-state index is -1.12. The molecule has 0 aromatic heterocycles. The van der Waals surface area contributed by atoms with Gasteiger partial charge in [0.2, 0.25) is 5.91 Å². The molecule has 2 aromatic rings. The molecule has 4 atom stereocenters. The molecule has 1 aliphatic heterocycles. The summed E-state index contributed by atoms with van der Waals surface area (Å²) in [5, 5.41) is 22.1. The van der Waals surface area contributed by atoms with Gasteiger partial charge in [0.05, 0.1) is 12.1 Å². The van der Waals surface area contributed by atoms with Crippen LogP contribution in [0.1, 0.15) is 36.3 Å². The maximum Gasteiger partial charge on any atom is 0.407 e. The van der Waals surface area contributed by atoms with Gasteiger partial charge < -0.3 is 25.2 Å². The van der Waals surface area contributed by atoms with Gasteiger partial charge in [-0.15, -0.1) is 0 Å². The molecule has 1 unspecified atom stereocenters. The standard InChI is InChI=1S/C27H28N2O6/c30-18-13-24(26(32)33)29(14-18)25(31)16-6-5-7-17(12-16)28-27(34)35-15-23-21-10-3-1-8-19(21)20-9-2-4-11-22(20)23/h1-5,7-11,16-18,23-24,30H,6,12-15H2,(H,28,34)(H,32,33)/t16-,17-,18?,24+/m1/s1. The molecular formula is C27H28N2O6. The fourth-order valence-corrected chi connectivity index (χ4v) is 5.51. The Bertz CT molecular complexity index is 1130. The van der Waals surface area contributed by atoms with Crippen LogP contribution in [-0.4, -0.2) is 64.4 Å². The van der Waals surface area contributed by atoms with E-state index in [9.17, 15) is 24.6 Å². The minimum absolute atomic E-state index is 0.0144. The molecule has 3 N–H and O–H groups in total. The van der Waals surface area contributed by atoms with Crippen LogP contribution >= 0.6 is 0 Å². The number of carbonyl (C=O) groups is 3. The van der Waals surface area contributed by atoms with E-state index in [1.165, 1.54) is 4.90 Å². The highest BCUT2D eigenvalue weighted by molar-refractivity contribution is 5.86. The maximum absolute atomic E-state index is 13.0. The number of likely N-dealkylation sites (tertiary alicyclic amines) is 1. The molecule has 2 aliphatic carbocycles. The summed E-state index contributed by atoms with van der Waals surface area (Å²) in [7, 11) is 0. The normalized spacial score (nSPS) is 25.1. The third-order valence-electron chi connectivity index (χ3n) is 7.17. The zero-order valence-corrected chi connectivity index (χ0v) is 19.2. The molecule has 2 amide bonds. The van der Waals surface area contributed by atoms with Crippen LogP contribution in [0, 0.1) is 5.92 Å². The SMILES string of the molecule is O=C(N[C@@H]1C=CC[C@@H](C(=O)N2CC(O)C[C@H]2C(=O)O)C1)OCC1c2ccccc2-c2ccccc21. The Morgan fingerprint density at radius 2 is 1.66 bits per heavy atom. The summed E-state index contributed by atoms with van der Waals surface area (Å²) in [6.07, 6.45) is 3.09. The van der Waals surface area contributed by atoms with Gasteiger partial charge in [-0.25, -0.2) is 9.59 Å². The van der Waals surface area contributed by atoms with Crippen molar-refractivity contribution in [1.29, 1.82) is 0 Å². The van der Waals surface area contributed by atoms with E-state index in [1.54, 1.807) is 0 Å². The number of carboxylic acids is 1. The summed E-state index contributed by atoms with van der Waals surface area (Å²) >= 11 is 0. The third kappa shape index (κ3) is 4.53. The lowest BCUT2D eigenvalue weighted by molar-refractivity contribution is -0.150. The average Bonchev–Trinajstić information content (AvgIpc) is 3.41. The number of amides is 2. The first-order valence-corrected chi connectivity index (χ1v) is 11.9. The van der Waals surface area contributed by atoms with Crippen molar-refractivity contribution in [3.05, 3.63) is 71.8 Å². The van der Waals surface area contributed by atoms with E-state index in [1.807, 2.05) is 36.4 Å². The molecule has 3 aliphatic rings. The van der Waals surface area contributed by atoms with E-state index in [0.717, 1.165) is 22.3 Å². The van der Waals surface area contributed by atoms with Gasteiger partial charge in [-0.2, -0.15) is 0 Å². The first-order valence-electron chi connectivity index (χ1n) is 11.9. The van der Waals surface area contributed by atoms with Crippen LogP contribution in [0.15, 0.2) is 60.7 Å². The number of carboxylic acid groups (broad SMARTS) is 1. The summed E-state index contributed by atoms with van der Waals surface area (Å²) in [6.45, 7) is 0.213. The van der Waals surface area contributed by atoms with Crippen molar-refractivity contribution in [2.75, 3.05) is 13.2 Å². The summed E-state index contributed by atoms with van der Waals surface area (Å²) in [4.78, 5) is 38.4. The van der Waals surface area contributed by atoms with Crippen molar-refractivity contribution < 1.29 is 29.3 Å². The lowest BCUT2D eigenvalue weighted by Crippen LogP contribution is -2.46. The Hall–Kier alpha value is -3.65. The zero-order chi connectivity index (χ0) is 24.5. The Morgan fingerprint density at radius 3 is 2.31 bits per heavy atom. The van der Waals surface area contributed by atoms with Crippen molar-refractivity contribution in [2.45, 2.75) is 43.4 Å². The summed E-state index contributed by atoms with van der Waals surface area (Å²) in [5.74, 6) is -1.93. The number of alkyl carbamates (subject to hydrolysis) is 1. The monoisotopic (exact) mass is 476 g/mol. The second-order valence-electron chi connectivity index (χ2n) is 9.41. The predicted octanol–water partition coefficient (Wildman–Crippen LogP) is 2.91. The number of rotatable bonds is 5. The molecule has 8 nitrogen and oxygen atoms in total. The van der Waals surface area contributed by atoms with Gasteiger partial charge >= 0.3 is 12.1 Å². The zero-order valence-electron chi connectivity index (χ0n) is 19.2. The largest absolute Gasteiger partial charge is 0.480 e. The number of allylic oxidation sites excluding steroid dienone is 1. The number of nitrogens with zero attached hydrogens (tertiary/aromatic N) is 1. The number of benzene rings is 2. The summed E-state index contributed by atoms with van der Waals surface area (Å²) < 4.78 is 5.61.